The van der Waals surface area contributed by atoms with Crippen molar-refractivity contribution in [2.45, 2.75) is 51.5 Å². The van der Waals surface area contributed by atoms with Gasteiger partial charge in [0, 0.05) is 31.4 Å². The Morgan fingerprint density at radius 1 is 1.10 bits per heavy atom. The number of aryl methyl sites for hydroxylation is 2. The van der Waals surface area contributed by atoms with Gasteiger partial charge in [-0.2, -0.15) is 5.10 Å². The van der Waals surface area contributed by atoms with E-state index in [0.29, 0.717) is 25.2 Å². The molecule has 152 valence electrons. The van der Waals surface area contributed by atoms with Gasteiger partial charge in [-0.15, -0.1) is 0 Å². The van der Waals surface area contributed by atoms with Crippen LogP contribution in [0.3, 0.4) is 0 Å². The molecule has 3 aliphatic rings. The molecule has 2 heterocycles. The molecular formula is C22H27N5O2. The summed E-state index contributed by atoms with van der Waals surface area (Å²) < 4.78 is 1.77. The van der Waals surface area contributed by atoms with Gasteiger partial charge in [0.25, 0.3) is 5.91 Å². The highest BCUT2D eigenvalue weighted by Crippen LogP contribution is 2.38. The third-order valence-electron chi connectivity index (χ3n) is 6.50. The van der Waals surface area contributed by atoms with Gasteiger partial charge in [-0.3, -0.25) is 9.48 Å². The fraction of sp³-hybridized carbons (Fsp3) is 0.500. The summed E-state index contributed by atoms with van der Waals surface area (Å²) in [6.45, 7) is 1.87. The number of benzene rings is 1. The van der Waals surface area contributed by atoms with Crippen LogP contribution in [-0.2, 0) is 38.6 Å². The molecule has 0 saturated heterocycles. The Morgan fingerprint density at radius 3 is 2.55 bits per heavy atom. The molecule has 2 aliphatic carbocycles. The second kappa shape index (κ2) is 7.21. The normalized spacial score (nSPS) is 17.1. The van der Waals surface area contributed by atoms with Crippen molar-refractivity contribution >= 4 is 17.6 Å². The number of nitrogens with zero attached hydrogens (tertiary/aromatic N) is 3. The molecule has 0 bridgehead atoms. The summed E-state index contributed by atoms with van der Waals surface area (Å²) >= 11 is 0. The third-order valence-corrected chi connectivity index (χ3v) is 6.50. The number of amides is 3. The van der Waals surface area contributed by atoms with E-state index in [1.54, 1.807) is 15.8 Å². The minimum absolute atomic E-state index is 0.00335. The minimum Gasteiger partial charge on any atom is -0.339 e. The molecule has 1 aromatic heterocycles. The molecule has 0 atom stereocenters. The van der Waals surface area contributed by atoms with Crippen LogP contribution in [0.25, 0.3) is 0 Å². The van der Waals surface area contributed by atoms with Gasteiger partial charge < -0.3 is 15.5 Å². The summed E-state index contributed by atoms with van der Waals surface area (Å²) in [5.41, 5.74) is 8.10. The van der Waals surface area contributed by atoms with E-state index < -0.39 is 0 Å². The zero-order chi connectivity index (χ0) is 20.0. The lowest BCUT2D eigenvalue weighted by atomic mass is 9.99. The highest BCUT2D eigenvalue weighted by atomic mass is 16.2. The zero-order valence-corrected chi connectivity index (χ0v) is 16.9. The van der Waals surface area contributed by atoms with Crippen molar-refractivity contribution in [3.63, 3.8) is 0 Å². The van der Waals surface area contributed by atoms with E-state index in [4.69, 9.17) is 0 Å². The molecule has 2 aromatic rings. The van der Waals surface area contributed by atoms with Gasteiger partial charge in [0.1, 0.15) is 5.69 Å². The number of fused-ring (bicyclic) bond motifs is 3. The lowest BCUT2D eigenvalue weighted by Crippen LogP contribution is -2.38. The number of carbonyl (C=O) groups is 2. The maximum atomic E-state index is 12.6. The predicted molar refractivity (Wildman–Crippen MR) is 110 cm³/mol. The first-order valence-corrected chi connectivity index (χ1v) is 10.6. The lowest BCUT2D eigenvalue weighted by Gasteiger charge is -2.24. The van der Waals surface area contributed by atoms with Crippen molar-refractivity contribution in [2.24, 2.45) is 0 Å². The Kier molecular flexibility index (Phi) is 4.53. The SMILES string of the molecule is CN1CCn2ncc(CCNC(=O)Nc3c4c(cc5c3CCC5)CCC4)c2C1=O. The van der Waals surface area contributed by atoms with Crippen molar-refractivity contribution in [3.05, 3.63) is 45.8 Å². The second-order valence-corrected chi connectivity index (χ2v) is 8.33. The first-order valence-electron chi connectivity index (χ1n) is 10.6. The molecular weight excluding hydrogens is 366 g/mol. The second-order valence-electron chi connectivity index (χ2n) is 8.33. The Hall–Kier alpha value is -2.83. The van der Waals surface area contributed by atoms with Crippen LogP contribution >= 0.6 is 0 Å². The molecule has 5 rings (SSSR count). The maximum Gasteiger partial charge on any atom is 0.319 e. The fourth-order valence-electron chi connectivity index (χ4n) is 4.99. The highest BCUT2D eigenvalue weighted by Gasteiger charge is 2.27. The quantitative estimate of drug-likeness (QED) is 0.837. The monoisotopic (exact) mass is 393 g/mol. The molecule has 0 unspecified atom stereocenters. The molecule has 7 heteroatoms. The number of nitrogens with one attached hydrogen (secondary N) is 2. The van der Waals surface area contributed by atoms with E-state index in [-0.39, 0.29) is 11.9 Å². The average molecular weight is 393 g/mol. The summed E-state index contributed by atoms with van der Waals surface area (Å²) in [4.78, 5) is 26.8. The molecule has 0 radical (unpaired) electrons. The summed E-state index contributed by atoms with van der Waals surface area (Å²) in [5.74, 6) is 0.00335. The van der Waals surface area contributed by atoms with E-state index >= 15 is 0 Å². The average Bonchev–Trinajstić information content (AvgIpc) is 3.44. The largest absolute Gasteiger partial charge is 0.339 e. The molecule has 3 amide bonds. The van der Waals surface area contributed by atoms with Crippen molar-refractivity contribution in [3.8, 4) is 0 Å². The molecule has 29 heavy (non-hydrogen) atoms. The Morgan fingerprint density at radius 2 is 1.83 bits per heavy atom. The lowest BCUT2D eigenvalue weighted by molar-refractivity contribution is 0.0741. The van der Waals surface area contributed by atoms with E-state index in [9.17, 15) is 9.59 Å². The van der Waals surface area contributed by atoms with Crippen molar-refractivity contribution in [1.82, 2.24) is 20.0 Å². The summed E-state index contributed by atoms with van der Waals surface area (Å²) in [6, 6.07) is 2.20. The van der Waals surface area contributed by atoms with E-state index in [0.717, 1.165) is 43.5 Å². The van der Waals surface area contributed by atoms with Crippen LogP contribution in [0, 0.1) is 0 Å². The Balaban J connectivity index is 1.25. The summed E-state index contributed by atoms with van der Waals surface area (Å²) in [5, 5.41) is 10.5. The molecule has 0 fully saturated rings. The molecule has 0 saturated carbocycles. The number of aromatic nitrogens is 2. The van der Waals surface area contributed by atoms with Crippen LogP contribution < -0.4 is 10.6 Å². The van der Waals surface area contributed by atoms with E-state index in [2.05, 4.69) is 21.8 Å². The van der Waals surface area contributed by atoms with Crippen LogP contribution in [0.15, 0.2) is 12.3 Å². The summed E-state index contributed by atoms with van der Waals surface area (Å²) in [7, 11) is 1.81. The smallest absolute Gasteiger partial charge is 0.319 e. The van der Waals surface area contributed by atoms with Crippen LogP contribution in [0.4, 0.5) is 10.5 Å². The van der Waals surface area contributed by atoms with Gasteiger partial charge >= 0.3 is 6.03 Å². The van der Waals surface area contributed by atoms with Gasteiger partial charge in [0.05, 0.1) is 12.7 Å². The van der Waals surface area contributed by atoms with Crippen molar-refractivity contribution in [1.29, 1.82) is 0 Å². The fourth-order valence-corrected chi connectivity index (χ4v) is 4.99. The number of rotatable bonds is 4. The van der Waals surface area contributed by atoms with Crippen molar-refractivity contribution < 1.29 is 9.59 Å². The van der Waals surface area contributed by atoms with Crippen LogP contribution in [0.2, 0.25) is 0 Å². The number of hydrogen-bond donors (Lipinski definition) is 2. The minimum atomic E-state index is -0.163. The number of carbonyl (C=O) groups excluding carboxylic acids is 2. The summed E-state index contributed by atoms with van der Waals surface area (Å²) in [6.07, 6.45) is 9.03. The van der Waals surface area contributed by atoms with Gasteiger partial charge in [-0.25, -0.2) is 4.79 Å². The number of anilines is 1. The van der Waals surface area contributed by atoms with Gasteiger partial charge in [-0.05, 0) is 67.2 Å². The third kappa shape index (κ3) is 3.18. The topological polar surface area (TPSA) is 79.3 Å². The van der Waals surface area contributed by atoms with Gasteiger partial charge in [0.2, 0.25) is 0 Å². The van der Waals surface area contributed by atoms with Crippen LogP contribution in [0.5, 0.6) is 0 Å². The first-order chi connectivity index (χ1) is 14.1. The van der Waals surface area contributed by atoms with Gasteiger partial charge in [0.15, 0.2) is 0 Å². The molecule has 7 nitrogen and oxygen atoms in total. The maximum absolute atomic E-state index is 12.6. The predicted octanol–water partition coefficient (Wildman–Crippen LogP) is 2.31. The molecule has 2 N–H and O–H groups in total. The number of hydrogen-bond acceptors (Lipinski definition) is 3. The molecule has 1 aromatic carbocycles. The number of urea groups is 1. The Labute approximate surface area is 170 Å². The highest BCUT2D eigenvalue weighted by molar-refractivity contribution is 5.94. The first kappa shape index (κ1) is 18.2. The zero-order valence-electron chi connectivity index (χ0n) is 16.9. The van der Waals surface area contributed by atoms with E-state index in [1.807, 2.05) is 7.05 Å². The van der Waals surface area contributed by atoms with Crippen molar-refractivity contribution in [2.75, 3.05) is 25.5 Å². The van der Waals surface area contributed by atoms with E-state index in [1.165, 1.54) is 35.1 Å². The Bertz CT molecular complexity index is 961. The molecule has 0 spiro atoms. The number of likely N-dealkylation sites (N-methyl/N-ethyl adjacent to an activating group) is 1. The van der Waals surface area contributed by atoms with Crippen LogP contribution in [0.1, 0.15) is 51.1 Å². The molecule has 1 aliphatic heterocycles. The van der Waals surface area contributed by atoms with Gasteiger partial charge in [-0.1, -0.05) is 6.07 Å². The standard InChI is InChI=1S/C22H27N5O2/c1-26-10-11-27-20(21(26)28)16(13-24-27)8-9-23-22(29)25-19-17-6-2-4-14(17)12-15-5-3-7-18(15)19/h12-13H,2-11H2,1H3,(H2,23,25,29). The van der Waals surface area contributed by atoms with Crippen LogP contribution in [-0.4, -0.2) is 46.8 Å².